The van der Waals surface area contributed by atoms with Crippen molar-refractivity contribution < 1.29 is 9.90 Å². The van der Waals surface area contributed by atoms with Crippen molar-refractivity contribution in [2.45, 2.75) is 33.7 Å². The molecule has 1 N–H and O–H groups in total. The van der Waals surface area contributed by atoms with Crippen LogP contribution in [0.1, 0.15) is 35.0 Å². The molecule has 0 amide bonds. The summed E-state index contributed by atoms with van der Waals surface area (Å²) in [4.78, 5) is 11.4. The molecule has 0 aliphatic rings. The Morgan fingerprint density at radius 3 is 2.68 bits per heavy atom. The molecule has 0 fully saturated rings. The van der Waals surface area contributed by atoms with Crippen molar-refractivity contribution in [1.29, 1.82) is 0 Å². The minimum Gasteiger partial charge on any atom is -0.478 e. The van der Waals surface area contributed by atoms with Crippen LogP contribution < -0.4 is 0 Å². The van der Waals surface area contributed by atoms with Crippen LogP contribution in [0.5, 0.6) is 0 Å². The highest BCUT2D eigenvalue weighted by molar-refractivity contribution is 5.96. The Morgan fingerprint density at radius 2 is 2.05 bits per heavy atom. The smallest absolute Gasteiger partial charge is 0.336 e. The number of carboxylic acids is 1. The van der Waals surface area contributed by atoms with Gasteiger partial charge in [0.25, 0.3) is 0 Å². The van der Waals surface area contributed by atoms with Gasteiger partial charge in [0.1, 0.15) is 0 Å². The minimum absolute atomic E-state index is 0.333. The van der Waals surface area contributed by atoms with Crippen molar-refractivity contribution in [1.82, 2.24) is 9.78 Å². The molecule has 0 saturated carbocycles. The summed E-state index contributed by atoms with van der Waals surface area (Å²) < 4.78 is 1.87. The maximum atomic E-state index is 11.4. The Morgan fingerprint density at radius 1 is 1.32 bits per heavy atom. The van der Waals surface area contributed by atoms with Crippen LogP contribution in [0.4, 0.5) is 0 Å². The van der Waals surface area contributed by atoms with E-state index in [1.807, 2.05) is 36.9 Å². The van der Waals surface area contributed by atoms with E-state index in [-0.39, 0.29) is 0 Å². The van der Waals surface area contributed by atoms with Gasteiger partial charge in [0, 0.05) is 18.3 Å². The molecular formula is C15H18N2O2. The second-order valence-electron chi connectivity index (χ2n) is 4.75. The number of rotatable bonds is 4. The van der Waals surface area contributed by atoms with E-state index >= 15 is 0 Å². The van der Waals surface area contributed by atoms with E-state index < -0.39 is 5.97 Å². The van der Waals surface area contributed by atoms with Crippen molar-refractivity contribution in [2.24, 2.45) is 0 Å². The zero-order valence-electron chi connectivity index (χ0n) is 11.5. The molecule has 2 aromatic rings. The Kier molecular flexibility index (Phi) is 3.69. The molecule has 1 aromatic heterocycles. The lowest BCUT2D eigenvalue weighted by Crippen LogP contribution is -2.00. The van der Waals surface area contributed by atoms with E-state index in [2.05, 4.69) is 12.0 Å². The largest absolute Gasteiger partial charge is 0.478 e. The van der Waals surface area contributed by atoms with Gasteiger partial charge in [0.15, 0.2) is 0 Å². The van der Waals surface area contributed by atoms with Gasteiger partial charge in [0.05, 0.1) is 11.3 Å². The van der Waals surface area contributed by atoms with Gasteiger partial charge in [-0.2, -0.15) is 5.10 Å². The Balaban J connectivity index is 2.55. The zero-order chi connectivity index (χ0) is 14.0. The van der Waals surface area contributed by atoms with Gasteiger partial charge >= 0.3 is 5.97 Å². The van der Waals surface area contributed by atoms with Crippen LogP contribution in [0.2, 0.25) is 0 Å². The second kappa shape index (κ2) is 5.26. The number of nitrogens with zero attached hydrogens (tertiary/aromatic N) is 2. The fraction of sp³-hybridized carbons (Fsp3) is 0.333. The lowest BCUT2D eigenvalue weighted by atomic mass is 9.98. The topological polar surface area (TPSA) is 55.1 Å². The fourth-order valence-corrected chi connectivity index (χ4v) is 2.20. The van der Waals surface area contributed by atoms with Crippen molar-refractivity contribution >= 4 is 5.97 Å². The molecule has 2 rings (SSSR count). The Bertz CT molecular complexity index is 615. The molecule has 0 unspecified atom stereocenters. The first-order valence-electron chi connectivity index (χ1n) is 6.41. The first kappa shape index (κ1) is 13.3. The van der Waals surface area contributed by atoms with Crippen LogP contribution >= 0.6 is 0 Å². The number of hydrogen-bond donors (Lipinski definition) is 1. The van der Waals surface area contributed by atoms with Crippen molar-refractivity contribution in [3.63, 3.8) is 0 Å². The normalized spacial score (nSPS) is 10.7. The molecule has 4 heteroatoms. The zero-order valence-corrected chi connectivity index (χ0v) is 11.5. The number of benzene rings is 1. The highest BCUT2D eigenvalue weighted by Crippen LogP contribution is 2.27. The maximum Gasteiger partial charge on any atom is 0.336 e. The SMILES string of the molecule is CCCn1cc(-c2ccc(C)cc2C(=O)O)c(C)n1. The predicted molar refractivity (Wildman–Crippen MR) is 74.4 cm³/mol. The van der Waals surface area contributed by atoms with Gasteiger partial charge in [-0.1, -0.05) is 24.6 Å². The average Bonchev–Trinajstić information content (AvgIpc) is 2.70. The minimum atomic E-state index is -0.902. The molecule has 0 aliphatic heterocycles. The molecule has 0 atom stereocenters. The van der Waals surface area contributed by atoms with Crippen molar-refractivity contribution in [3.8, 4) is 11.1 Å². The van der Waals surface area contributed by atoms with Crippen molar-refractivity contribution in [2.75, 3.05) is 0 Å². The van der Waals surface area contributed by atoms with Crippen LogP contribution in [0.15, 0.2) is 24.4 Å². The van der Waals surface area contributed by atoms with Crippen LogP contribution in [0.3, 0.4) is 0 Å². The highest BCUT2D eigenvalue weighted by Gasteiger charge is 2.15. The lowest BCUT2D eigenvalue weighted by Gasteiger charge is -2.06. The molecule has 1 heterocycles. The number of aromatic nitrogens is 2. The number of hydrogen-bond acceptors (Lipinski definition) is 2. The molecule has 0 spiro atoms. The average molecular weight is 258 g/mol. The summed E-state index contributed by atoms with van der Waals surface area (Å²) in [5.74, 6) is -0.902. The van der Waals surface area contributed by atoms with Gasteiger partial charge in [-0.05, 0) is 31.9 Å². The molecule has 4 nitrogen and oxygen atoms in total. The summed E-state index contributed by atoms with van der Waals surface area (Å²) in [6, 6.07) is 5.49. The summed E-state index contributed by atoms with van der Waals surface area (Å²) in [7, 11) is 0. The Labute approximate surface area is 112 Å². The third kappa shape index (κ3) is 2.67. The van der Waals surface area contributed by atoms with Gasteiger partial charge in [-0.25, -0.2) is 4.79 Å². The fourth-order valence-electron chi connectivity index (χ4n) is 2.20. The molecule has 0 radical (unpaired) electrons. The van der Waals surface area contributed by atoms with Crippen LogP contribution in [-0.4, -0.2) is 20.9 Å². The van der Waals surface area contributed by atoms with E-state index in [0.29, 0.717) is 5.56 Å². The van der Waals surface area contributed by atoms with Crippen LogP contribution in [0, 0.1) is 13.8 Å². The molecule has 0 aliphatic carbocycles. The van der Waals surface area contributed by atoms with Gasteiger partial charge in [-0.15, -0.1) is 0 Å². The number of aryl methyl sites for hydroxylation is 3. The first-order valence-corrected chi connectivity index (χ1v) is 6.41. The molecule has 0 saturated heterocycles. The molecule has 0 bridgehead atoms. The standard InChI is InChI=1S/C15H18N2O2/c1-4-7-17-9-14(11(3)16-17)12-6-5-10(2)8-13(12)15(18)19/h5-6,8-9H,4,7H2,1-3H3,(H,18,19). The summed E-state index contributed by atoms with van der Waals surface area (Å²) in [6.07, 6.45) is 2.93. The van der Waals surface area contributed by atoms with Gasteiger partial charge < -0.3 is 5.11 Å². The summed E-state index contributed by atoms with van der Waals surface area (Å²) >= 11 is 0. The lowest BCUT2D eigenvalue weighted by molar-refractivity contribution is 0.0697. The number of carboxylic acid groups (broad SMARTS) is 1. The third-order valence-electron chi connectivity index (χ3n) is 3.09. The summed E-state index contributed by atoms with van der Waals surface area (Å²) in [6.45, 7) is 6.73. The van der Waals surface area contributed by atoms with E-state index in [1.54, 1.807) is 6.07 Å². The summed E-state index contributed by atoms with van der Waals surface area (Å²) in [5.41, 5.74) is 3.77. The van der Waals surface area contributed by atoms with Gasteiger partial charge in [0.2, 0.25) is 0 Å². The first-order chi connectivity index (χ1) is 9.02. The predicted octanol–water partition coefficient (Wildman–Crippen LogP) is 3.28. The Hall–Kier alpha value is -2.10. The van der Waals surface area contributed by atoms with Crippen molar-refractivity contribution in [3.05, 3.63) is 41.2 Å². The molecular weight excluding hydrogens is 240 g/mol. The second-order valence-corrected chi connectivity index (χ2v) is 4.75. The van der Waals surface area contributed by atoms with Crippen LogP contribution in [-0.2, 0) is 6.54 Å². The van der Waals surface area contributed by atoms with E-state index in [4.69, 9.17) is 0 Å². The van der Waals surface area contributed by atoms with Gasteiger partial charge in [-0.3, -0.25) is 4.68 Å². The third-order valence-corrected chi connectivity index (χ3v) is 3.09. The quantitative estimate of drug-likeness (QED) is 0.915. The molecule has 100 valence electrons. The monoisotopic (exact) mass is 258 g/mol. The highest BCUT2D eigenvalue weighted by atomic mass is 16.4. The molecule has 19 heavy (non-hydrogen) atoms. The van der Waals surface area contributed by atoms with Crippen LogP contribution in [0.25, 0.3) is 11.1 Å². The molecule has 1 aromatic carbocycles. The maximum absolute atomic E-state index is 11.4. The van der Waals surface area contributed by atoms with E-state index in [1.165, 1.54) is 0 Å². The van der Waals surface area contributed by atoms with E-state index in [0.717, 1.165) is 35.3 Å². The van der Waals surface area contributed by atoms with E-state index in [9.17, 15) is 9.90 Å². The number of aromatic carboxylic acids is 1. The summed E-state index contributed by atoms with van der Waals surface area (Å²) in [5, 5.41) is 13.7. The number of carbonyl (C=O) groups is 1.